The molecule has 7 nitrogen and oxygen atoms in total. The van der Waals surface area contributed by atoms with Gasteiger partial charge >= 0.3 is 0 Å². The lowest BCUT2D eigenvalue weighted by atomic mass is 10.0. The van der Waals surface area contributed by atoms with Crippen molar-refractivity contribution < 1.29 is 4.79 Å². The van der Waals surface area contributed by atoms with Crippen LogP contribution in [0.3, 0.4) is 0 Å². The van der Waals surface area contributed by atoms with E-state index in [0.29, 0.717) is 12.3 Å². The van der Waals surface area contributed by atoms with Gasteiger partial charge in [0.15, 0.2) is 11.5 Å². The van der Waals surface area contributed by atoms with E-state index < -0.39 is 0 Å². The van der Waals surface area contributed by atoms with Crippen molar-refractivity contribution in [3.8, 4) is 11.4 Å². The second-order valence-electron chi connectivity index (χ2n) is 8.05. The van der Waals surface area contributed by atoms with Crippen LogP contribution in [-0.4, -0.2) is 56.8 Å². The molecule has 1 saturated carbocycles. The number of amides is 1. The number of anilines is 1. The Hall–Kier alpha value is -2.48. The SMILES string of the molecule is O=C(CCC1CCCC1)N1CCN(c2ccc3nnc(-c4ccsc4)n3n2)CC1. The van der Waals surface area contributed by atoms with Crippen LogP contribution in [0.4, 0.5) is 5.82 Å². The van der Waals surface area contributed by atoms with E-state index in [4.69, 9.17) is 5.10 Å². The molecule has 5 rings (SSSR count). The molecule has 0 spiro atoms. The van der Waals surface area contributed by atoms with Gasteiger partial charge in [-0.05, 0) is 35.9 Å². The van der Waals surface area contributed by atoms with E-state index in [1.54, 1.807) is 11.3 Å². The first kappa shape index (κ1) is 18.5. The van der Waals surface area contributed by atoms with Gasteiger partial charge in [-0.15, -0.1) is 15.3 Å². The first-order valence-electron chi connectivity index (χ1n) is 10.6. The van der Waals surface area contributed by atoms with Gasteiger partial charge in [-0.2, -0.15) is 15.9 Å². The molecule has 152 valence electrons. The van der Waals surface area contributed by atoms with E-state index in [1.165, 1.54) is 25.7 Å². The highest BCUT2D eigenvalue weighted by Crippen LogP contribution is 2.29. The molecule has 2 aliphatic rings. The Morgan fingerprint density at radius 2 is 1.90 bits per heavy atom. The zero-order chi connectivity index (χ0) is 19.6. The first-order chi connectivity index (χ1) is 14.3. The molecule has 0 N–H and O–H groups in total. The fourth-order valence-corrected chi connectivity index (χ4v) is 5.12. The molecule has 1 aliphatic carbocycles. The molecule has 3 aromatic heterocycles. The van der Waals surface area contributed by atoms with E-state index in [0.717, 1.165) is 61.4 Å². The topological polar surface area (TPSA) is 66.6 Å². The molecule has 0 aromatic carbocycles. The summed E-state index contributed by atoms with van der Waals surface area (Å²) in [7, 11) is 0. The second-order valence-corrected chi connectivity index (χ2v) is 8.83. The number of thiophene rings is 1. The van der Waals surface area contributed by atoms with Gasteiger partial charge in [-0.25, -0.2) is 0 Å². The lowest BCUT2D eigenvalue weighted by molar-refractivity contribution is -0.131. The van der Waals surface area contributed by atoms with Crippen LogP contribution in [0.5, 0.6) is 0 Å². The summed E-state index contributed by atoms with van der Waals surface area (Å²) in [6, 6.07) is 5.99. The summed E-state index contributed by atoms with van der Waals surface area (Å²) in [5, 5.41) is 17.4. The number of hydrogen-bond donors (Lipinski definition) is 0. The number of piperazine rings is 1. The molecule has 3 aromatic rings. The van der Waals surface area contributed by atoms with Gasteiger partial charge in [0.1, 0.15) is 5.82 Å². The summed E-state index contributed by atoms with van der Waals surface area (Å²) in [5.41, 5.74) is 1.78. The molecule has 1 saturated heterocycles. The van der Waals surface area contributed by atoms with E-state index in [9.17, 15) is 4.79 Å². The fourth-order valence-electron chi connectivity index (χ4n) is 4.49. The number of carbonyl (C=O) groups is 1. The Bertz CT molecular complexity index is 970. The summed E-state index contributed by atoms with van der Waals surface area (Å²) >= 11 is 1.64. The molecule has 4 heterocycles. The molecule has 0 atom stereocenters. The lowest BCUT2D eigenvalue weighted by Gasteiger charge is -2.35. The number of nitrogens with zero attached hydrogens (tertiary/aromatic N) is 6. The first-order valence-corrected chi connectivity index (χ1v) is 11.5. The predicted octanol–water partition coefficient (Wildman–Crippen LogP) is 3.47. The summed E-state index contributed by atoms with van der Waals surface area (Å²) in [6.45, 7) is 3.15. The van der Waals surface area contributed by atoms with Gasteiger partial charge < -0.3 is 9.80 Å². The number of carbonyl (C=O) groups excluding carboxylic acids is 1. The van der Waals surface area contributed by atoms with Crippen molar-refractivity contribution in [3.63, 3.8) is 0 Å². The average Bonchev–Trinajstić information content (AvgIpc) is 3.53. The molecule has 0 radical (unpaired) electrons. The maximum absolute atomic E-state index is 12.6. The van der Waals surface area contributed by atoms with Crippen LogP contribution in [0.15, 0.2) is 29.0 Å². The maximum atomic E-state index is 12.6. The van der Waals surface area contributed by atoms with Crippen molar-refractivity contribution in [1.29, 1.82) is 0 Å². The van der Waals surface area contributed by atoms with Gasteiger partial charge in [0.05, 0.1) is 0 Å². The average molecular weight is 411 g/mol. The molecule has 1 amide bonds. The van der Waals surface area contributed by atoms with Gasteiger partial charge in [0, 0.05) is 43.5 Å². The molecular formula is C21H26N6OS. The zero-order valence-corrected chi connectivity index (χ0v) is 17.4. The van der Waals surface area contributed by atoms with Crippen LogP contribution in [0, 0.1) is 5.92 Å². The van der Waals surface area contributed by atoms with Gasteiger partial charge in [0.25, 0.3) is 0 Å². The highest BCUT2D eigenvalue weighted by Gasteiger charge is 2.24. The quantitative estimate of drug-likeness (QED) is 0.644. The van der Waals surface area contributed by atoms with E-state index in [-0.39, 0.29) is 0 Å². The molecule has 0 bridgehead atoms. The summed E-state index contributed by atoms with van der Waals surface area (Å²) in [4.78, 5) is 16.9. The normalized spacial score (nSPS) is 18.1. The van der Waals surface area contributed by atoms with Crippen LogP contribution >= 0.6 is 11.3 Å². The third-order valence-corrected chi connectivity index (χ3v) is 6.91. The molecule has 0 unspecified atom stereocenters. The minimum absolute atomic E-state index is 0.318. The largest absolute Gasteiger partial charge is 0.352 e. The van der Waals surface area contributed by atoms with Crippen molar-refractivity contribution in [1.82, 2.24) is 24.7 Å². The summed E-state index contributed by atoms with van der Waals surface area (Å²) in [6.07, 6.45) is 7.08. The number of fused-ring (bicyclic) bond motifs is 1. The van der Waals surface area contributed by atoms with Crippen molar-refractivity contribution in [2.24, 2.45) is 5.92 Å². The zero-order valence-electron chi connectivity index (χ0n) is 16.5. The van der Waals surface area contributed by atoms with E-state index >= 15 is 0 Å². The molecular weight excluding hydrogens is 384 g/mol. The van der Waals surface area contributed by atoms with Gasteiger partial charge in [0.2, 0.25) is 5.91 Å². The minimum atomic E-state index is 0.318. The number of aromatic nitrogens is 4. The van der Waals surface area contributed by atoms with Crippen molar-refractivity contribution in [2.45, 2.75) is 38.5 Å². The highest BCUT2D eigenvalue weighted by atomic mass is 32.1. The van der Waals surface area contributed by atoms with Crippen LogP contribution in [-0.2, 0) is 4.79 Å². The Labute approximate surface area is 174 Å². The molecule has 2 fully saturated rings. The monoisotopic (exact) mass is 410 g/mol. The van der Waals surface area contributed by atoms with Crippen LogP contribution in [0.2, 0.25) is 0 Å². The predicted molar refractivity (Wildman–Crippen MR) is 114 cm³/mol. The molecule has 29 heavy (non-hydrogen) atoms. The third kappa shape index (κ3) is 3.85. The Balaban J connectivity index is 1.23. The van der Waals surface area contributed by atoms with Crippen molar-refractivity contribution in [2.75, 3.05) is 31.1 Å². The smallest absolute Gasteiger partial charge is 0.222 e. The van der Waals surface area contributed by atoms with Gasteiger partial charge in [-0.1, -0.05) is 25.7 Å². The van der Waals surface area contributed by atoms with Crippen LogP contribution in [0.25, 0.3) is 17.0 Å². The lowest BCUT2D eigenvalue weighted by Crippen LogP contribution is -2.49. The molecule has 8 heteroatoms. The summed E-state index contributed by atoms with van der Waals surface area (Å²) < 4.78 is 1.82. The van der Waals surface area contributed by atoms with Crippen molar-refractivity contribution >= 4 is 28.7 Å². The second kappa shape index (κ2) is 8.10. The number of rotatable bonds is 5. The Morgan fingerprint density at radius 1 is 1.07 bits per heavy atom. The minimum Gasteiger partial charge on any atom is -0.352 e. The number of hydrogen-bond acceptors (Lipinski definition) is 6. The highest BCUT2D eigenvalue weighted by molar-refractivity contribution is 7.08. The van der Waals surface area contributed by atoms with E-state index in [1.807, 2.05) is 33.0 Å². The van der Waals surface area contributed by atoms with Crippen LogP contribution < -0.4 is 4.90 Å². The standard InChI is InChI=1S/C21H26N6OS/c28-20(8-5-16-3-1-2-4-16)26-12-10-25(11-13-26)19-7-6-18-22-23-21(27(18)24-19)17-9-14-29-15-17/h6-7,9,14-16H,1-5,8,10-13H2. The van der Waals surface area contributed by atoms with Crippen LogP contribution in [0.1, 0.15) is 38.5 Å². The third-order valence-electron chi connectivity index (χ3n) is 6.23. The molecule has 1 aliphatic heterocycles. The van der Waals surface area contributed by atoms with Gasteiger partial charge in [-0.3, -0.25) is 4.79 Å². The maximum Gasteiger partial charge on any atom is 0.222 e. The Kier molecular flexibility index (Phi) is 5.18. The van der Waals surface area contributed by atoms with E-state index in [2.05, 4.69) is 20.5 Å². The summed E-state index contributed by atoms with van der Waals surface area (Å²) in [5.74, 6) is 2.77. The Morgan fingerprint density at radius 3 is 2.66 bits per heavy atom. The van der Waals surface area contributed by atoms with Crippen molar-refractivity contribution in [3.05, 3.63) is 29.0 Å². The fraction of sp³-hybridized carbons (Fsp3) is 0.524.